The second kappa shape index (κ2) is 7.48. The van der Waals surface area contributed by atoms with E-state index in [1.807, 2.05) is 41.8 Å². The lowest BCUT2D eigenvalue weighted by atomic mass is 10.1. The fourth-order valence-corrected chi connectivity index (χ4v) is 3.66. The highest BCUT2D eigenvalue weighted by Gasteiger charge is 2.17. The first kappa shape index (κ1) is 17.1. The number of rotatable bonds is 5. The predicted octanol–water partition coefficient (Wildman–Crippen LogP) is 5.86. The molecule has 0 unspecified atom stereocenters. The maximum Gasteiger partial charge on any atom is 0.145 e. The van der Waals surface area contributed by atoms with Crippen molar-refractivity contribution in [2.45, 2.75) is 13.5 Å². The number of nitriles is 1. The highest BCUT2D eigenvalue weighted by molar-refractivity contribution is 7.13. The molecule has 4 rings (SSSR count). The zero-order valence-corrected chi connectivity index (χ0v) is 15.6. The van der Waals surface area contributed by atoms with Crippen molar-refractivity contribution < 1.29 is 4.42 Å². The lowest BCUT2D eigenvalue weighted by Crippen LogP contribution is -2.05. The monoisotopic (exact) mass is 371 g/mol. The van der Waals surface area contributed by atoms with Crippen molar-refractivity contribution in [3.8, 4) is 28.0 Å². The van der Waals surface area contributed by atoms with Gasteiger partial charge in [-0.05, 0) is 42.1 Å². The third kappa shape index (κ3) is 3.62. The normalized spacial score (nSPS) is 10.5. The summed E-state index contributed by atoms with van der Waals surface area (Å²) in [4.78, 5) is 5.78. The van der Waals surface area contributed by atoms with Crippen molar-refractivity contribution >= 4 is 17.2 Å². The Morgan fingerprint density at radius 3 is 2.78 bits per heavy atom. The number of benzene rings is 1. The zero-order valence-electron chi connectivity index (χ0n) is 14.8. The maximum atomic E-state index is 9.79. The second-order valence-electron chi connectivity index (χ2n) is 6.19. The predicted molar refractivity (Wildman–Crippen MR) is 108 cm³/mol. The van der Waals surface area contributed by atoms with Crippen LogP contribution in [-0.4, -0.2) is 4.98 Å². The minimum Gasteiger partial charge on any atom is -0.464 e. The van der Waals surface area contributed by atoms with Crippen LogP contribution in [0.5, 0.6) is 0 Å². The molecule has 4 nitrogen and oxygen atoms in total. The van der Waals surface area contributed by atoms with Crippen LogP contribution in [0.3, 0.4) is 0 Å². The van der Waals surface area contributed by atoms with E-state index < -0.39 is 0 Å². The van der Waals surface area contributed by atoms with Crippen molar-refractivity contribution in [3.05, 3.63) is 82.9 Å². The van der Waals surface area contributed by atoms with Crippen molar-refractivity contribution in [1.82, 2.24) is 4.98 Å². The molecule has 3 aromatic heterocycles. The van der Waals surface area contributed by atoms with Crippen LogP contribution in [0.25, 0.3) is 21.9 Å². The van der Waals surface area contributed by atoms with Gasteiger partial charge in [0.2, 0.25) is 0 Å². The number of hydrogen-bond donors (Lipinski definition) is 1. The molecule has 0 atom stereocenters. The summed E-state index contributed by atoms with van der Waals surface area (Å²) in [5.41, 5.74) is 4.39. The van der Waals surface area contributed by atoms with Crippen LogP contribution >= 0.6 is 11.3 Å². The molecule has 132 valence electrons. The van der Waals surface area contributed by atoms with E-state index in [-0.39, 0.29) is 0 Å². The van der Waals surface area contributed by atoms with E-state index in [0.717, 1.165) is 21.7 Å². The summed E-state index contributed by atoms with van der Waals surface area (Å²) in [5, 5.41) is 15.1. The van der Waals surface area contributed by atoms with Gasteiger partial charge < -0.3 is 9.73 Å². The summed E-state index contributed by atoms with van der Waals surface area (Å²) >= 11 is 1.62. The molecule has 0 saturated carbocycles. The summed E-state index contributed by atoms with van der Waals surface area (Å²) in [6.45, 7) is 2.66. The van der Waals surface area contributed by atoms with E-state index in [9.17, 15) is 5.26 Å². The summed E-state index contributed by atoms with van der Waals surface area (Å²) < 4.78 is 5.56. The Morgan fingerprint density at radius 2 is 2.07 bits per heavy atom. The van der Waals surface area contributed by atoms with Gasteiger partial charge in [0.05, 0.1) is 16.8 Å². The molecule has 0 bridgehead atoms. The van der Waals surface area contributed by atoms with Gasteiger partial charge in [-0.1, -0.05) is 35.9 Å². The van der Waals surface area contributed by atoms with Crippen LogP contribution in [-0.2, 0) is 6.54 Å². The summed E-state index contributed by atoms with van der Waals surface area (Å²) in [6, 6.07) is 20.2. The number of hydrogen-bond acceptors (Lipinski definition) is 5. The third-order valence-corrected chi connectivity index (χ3v) is 5.13. The van der Waals surface area contributed by atoms with Crippen molar-refractivity contribution in [2.75, 3.05) is 5.32 Å². The Hall–Kier alpha value is -3.36. The van der Waals surface area contributed by atoms with Gasteiger partial charge in [-0.3, -0.25) is 0 Å². The van der Waals surface area contributed by atoms with Crippen LogP contribution in [0.1, 0.15) is 16.7 Å². The van der Waals surface area contributed by atoms with Crippen LogP contribution in [0, 0.1) is 18.3 Å². The van der Waals surface area contributed by atoms with Gasteiger partial charge in [0, 0.05) is 12.1 Å². The first-order valence-corrected chi connectivity index (χ1v) is 9.45. The molecule has 0 aliphatic carbocycles. The Balaban J connectivity index is 1.78. The lowest BCUT2D eigenvalue weighted by molar-refractivity contribution is 0.582. The lowest BCUT2D eigenvalue weighted by Gasteiger charge is -2.12. The van der Waals surface area contributed by atoms with E-state index in [1.54, 1.807) is 17.6 Å². The Morgan fingerprint density at radius 1 is 1.15 bits per heavy atom. The van der Waals surface area contributed by atoms with E-state index in [2.05, 4.69) is 36.5 Å². The van der Waals surface area contributed by atoms with E-state index in [4.69, 9.17) is 9.40 Å². The molecular weight excluding hydrogens is 354 g/mol. The van der Waals surface area contributed by atoms with Crippen molar-refractivity contribution in [2.24, 2.45) is 0 Å². The first-order chi connectivity index (χ1) is 13.2. The van der Waals surface area contributed by atoms with Crippen LogP contribution in [0.4, 0.5) is 5.82 Å². The van der Waals surface area contributed by atoms with Gasteiger partial charge in [-0.2, -0.15) is 5.26 Å². The molecule has 0 radical (unpaired) electrons. The largest absolute Gasteiger partial charge is 0.464 e. The Bertz CT molecular complexity index is 1090. The van der Waals surface area contributed by atoms with E-state index in [0.29, 0.717) is 23.7 Å². The Labute approximate surface area is 161 Å². The van der Waals surface area contributed by atoms with Gasteiger partial charge in [0.25, 0.3) is 0 Å². The zero-order chi connectivity index (χ0) is 18.6. The molecule has 1 aromatic carbocycles. The van der Waals surface area contributed by atoms with E-state index >= 15 is 0 Å². The average Bonchev–Trinajstić information content (AvgIpc) is 3.39. The molecule has 1 N–H and O–H groups in total. The standard InChI is InChI=1S/C22H17N3OS/c1-15-5-2-6-16(11-15)14-24-22-18(13-23)17(20-7-3-9-26-20)12-19(25-22)21-8-4-10-27-21/h2-12H,14H2,1H3,(H,24,25). The van der Waals surface area contributed by atoms with Gasteiger partial charge in [-0.25, -0.2) is 4.98 Å². The number of aromatic nitrogens is 1. The fraction of sp³-hybridized carbons (Fsp3) is 0.0909. The summed E-state index contributed by atoms with van der Waals surface area (Å²) in [5.74, 6) is 1.22. The van der Waals surface area contributed by atoms with Crippen LogP contribution < -0.4 is 5.32 Å². The summed E-state index contributed by atoms with van der Waals surface area (Å²) in [7, 11) is 0. The first-order valence-electron chi connectivity index (χ1n) is 8.57. The highest BCUT2D eigenvalue weighted by atomic mass is 32.1. The molecule has 4 aromatic rings. The maximum absolute atomic E-state index is 9.79. The van der Waals surface area contributed by atoms with Gasteiger partial charge in [0.15, 0.2) is 0 Å². The SMILES string of the molecule is Cc1cccc(CNc2nc(-c3cccs3)cc(-c3ccco3)c2C#N)c1. The van der Waals surface area contributed by atoms with Gasteiger partial charge >= 0.3 is 0 Å². The number of furan rings is 1. The molecule has 0 saturated heterocycles. The van der Waals surface area contributed by atoms with Gasteiger partial charge in [-0.15, -0.1) is 11.3 Å². The van der Waals surface area contributed by atoms with Crippen LogP contribution in [0.15, 0.2) is 70.7 Å². The van der Waals surface area contributed by atoms with Crippen molar-refractivity contribution in [1.29, 1.82) is 5.26 Å². The molecule has 5 heteroatoms. The smallest absolute Gasteiger partial charge is 0.145 e. The quantitative estimate of drug-likeness (QED) is 0.477. The van der Waals surface area contributed by atoms with E-state index in [1.165, 1.54) is 5.56 Å². The second-order valence-corrected chi connectivity index (χ2v) is 7.14. The molecule has 3 heterocycles. The molecule has 27 heavy (non-hydrogen) atoms. The average molecular weight is 371 g/mol. The minimum absolute atomic E-state index is 0.484. The summed E-state index contributed by atoms with van der Waals surface area (Å²) in [6.07, 6.45) is 1.61. The molecule has 0 aliphatic heterocycles. The Kier molecular flexibility index (Phi) is 4.73. The topological polar surface area (TPSA) is 61.9 Å². The minimum atomic E-state index is 0.484. The number of nitrogens with one attached hydrogen (secondary N) is 1. The van der Waals surface area contributed by atoms with Crippen molar-refractivity contribution in [3.63, 3.8) is 0 Å². The van der Waals surface area contributed by atoms with Crippen LogP contribution in [0.2, 0.25) is 0 Å². The molecule has 0 amide bonds. The molecular formula is C22H17N3OS. The molecule has 0 spiro atoms. The number of anilines is 1. The molecule has 0 aliphatic rings. The van der Waals surface area contributed by atoms with Gasteiger partial charge in [0.1, 0.15) is 23.2 Å². The fourth-order valence-electron chi connectivity index (χ4n) is 2.97. The number of aryl methyl sites for hydroxylation is 1. The number of pyridine rings is 1. The highest BCUT2D eigenvalue weighted by Crippen LogP contribution is 2.34. The number of thiophene rings is 1. The number of nitrogens with zero attached hydrogens (tertiary/aromatic N) is 2. The third-order valence-electron chi connectivity index (χ3n) is 4.23. The molecule has 0 fully saturated rings.